The van der Waals surface area contributed by atoms with Gasteiger partial charge in [-0.1, -0.05) is 54.1 Å². The van der Waals surface area contributed by atoms with E-state index in [0.29, 0.717) is 19.6 Å². The van der Waals surface area contributed by atoms with Crippen LogP contribution in [0.25, 0.3) is 6.08 Å². The van der Waals surface area contributed by atoms with Gasteiger partial charge in [-0.05, 0) is 65.9 Å². The molecule has 3 aromatic rings. The predicted molar refractivity (Wildman–Crippen MR) is 134 cm³/mol. The first kappa shape index (κ1) is 24.3. The minimum absolute atomic E-state index is 0.0338. The van der Waals surface area contributed by atoms with Crippen molar-refractivity contribution >= 4 is 12.0 Å². The van der Waals surface area contributed by atoms with Gasteiger partial charge in [0.05, 0.1) is 7.11 Å². The van der Waals surface area contributed by atoms with Crippen LogP contribution in [-0.4, -0.2) is 13.0 Å². The van der Waals surface area contributed by atoms with Gasteiger partial charge in [-0.25, -0.2) is 0 Å². The number of hydrogen-bond donors (Lipinski definition) is 1. The monoisotopic (exact) mass is 452 g/mol. The van der Waals surface area contributed by atoms with Gasteiger partial charge in [0.2, 0.25) is 0 Å². The highest BCUT2D eigenvalue weighted by atomic mass is 16.5. The number of nitriles is 1. The number of ether oxygens (including phenoxy) is 2. The van der Waals surface area contributed by atoms with Gasteiger partial charge in [0.1, 0.15) is 29.7 Å². The summed E-state index contributed by atoms with van der Waals surface area (Å²) in [4.78, 5) is 12.6. The zero-order chi connectivity index (χ0) is 24.3. The smallest absolute Gasteiger partial charge is 0.262 e. The Kier molecular flexibility index (Phi) is 8.65. The number of amides is 1. The van der Waals surface area contributed by atoms with Gasteiger partial charge in [-0.15, -0.1) is 6.58 Å². The second-order valence-electron chi connectivity index (χ2n) is 7.84. The summed E-state index contributed by atoms with van der Waals surface area (Å²) in [5, 5.41) is 12.3. The Morgan fingerprint density at radius 3 is 2.56 bits per heavy atom. The number of benzene rings is 3. The summed E-state index contributed by atoms with van der Waals surface area (Å²) in [6, 6.07) is 23.2. The third-order valence-corrected chi connectivity index (χ3v) is 5.21. The molecule has 0 fully saturated rings. The number of carbonyl (C=O) groups excluding carboxylic acids is 1. The van der Waals surface area contributed by atoms with E-state index in [1.807, 2.05) is 73.7 Å². The molecule has 5 nitrogen and oxygen atoms in total. The molecular formula is C29H28N2O3. The third-order valence-electron chi connectivity index (χ3n) is 5.21. The van der Waals surface area contributed by atoms with Crippen LogP contribution in [0.2, 0.25) is 0 Å². The van der Waals surface area contributed by atoms with Crippen LogP contribution in [0.3, 0.4) is 0 Å². The lowest BCUT2D eigenvalue weighted by atomic mass is 10.0. The van der Waals surface area contributed by atoms with E-state index in [1.165, 1.54) is 5.56 Å². The fourth-order valence-corrected chi connectivity index (χ4v) is 3.44. The van der Waals surface area contributed by atoms with Gasteiger partial charge in [-0.3, -0.25) is 4.79 Å². The lowest BCUT2D eigenvalue weighted by molar-refractivity contribution is -0.117. The molecule has 0 atom stereocenters. The van der Waals surface area contributed by atoms with Crippen LogP contribution in [0.15, 0.2) is 85.0 Å². The van der Waals surface area contributed by atoms with Crippen molar-refractivity contribution in [3.63, 3.8) is 0 Å². The first-order valence-corrected chi connectivity index (χ1v) is 11.0. The van der Waals surface area contributed by atoms with Crippen molar-refractivity contribution in [2.24, 2.45) is 0 Å². The SMILES string of the molecule is C=CCc1cc(/C=C(/C#N)C(=O)NCc2ccc(OC)cc2)ccc1OCc1cccc(C)c1. The van der Waals surface area contributed by atoms with E-state index < -0.39 is 5.91 Å². The zero-order valence-electron chi connectivity index (χ0n) is 19.5. The number of nitrogens with zero attached hydrogens (tertiary/aromatic N) is 1. The Hall–Kier alpha value is -4.30. The maximum atomic E-state index is 12.6. The van der Waals surface area contributed by atoms with Crippen molar-refractivity contribution in [3.8, 4) is 17.6 Å². The van der Waals surface area contributed by atoms with Crippen LogP contribution >= 0.6 is 0 Å². The number of allylic oxidation sites excluding steroid dienone is 1. The molecular weight excluding hydrogens is 424 g/mol. The average Bonchev–Trinajstić information content (AvgIpc) is 2.86. The topological polar surface area (TPSA) is 71.4 Å². The quantitative estimate of drug-likeness (QED) is 0.249. The van der Waals surface area contributed by atoms with E-state index >= 15 is 0 Å². The Morgan fingerprint density at radius 1 is 1.09 bits per heavy atom. The molecule has 1 N–H and O–H groups in total. The van der Waals surface area contributed by atoms with Crippen molar-refractivity contribution in [3.05, 3.63) is 113 Å². The van der Waals surface area contributed by atoms with E-state index in [2.05, 4.69) is 18.0 Å². The summed E-state index contributed by atoms with van der Waals surface area (Å²) >= 11 is 0. The standard InChI is InChI=1S/C29H28N2O3/c1-4-6-25-16-23(11-14-28(25)34-20-24-8-5-7-21(2)15-24)17-26(18-30)29(32)31-19-22-9-12-27(33-3)13-10-22/h4-5,7-17H,1,6,19-20H2,2-3H3,(H,31,32)/b26-17-. The minimum atomic E-state index is -0.427. The molecule has 172 valence electrons. The Labute approximate surface area is 201 Å². The molecule has 0 saturated heterocycles. The number of rotatable bonds is 10. The summed E-state index contributed by atoms with van der Waals surface area (Å²) in [6.07, 6.45) is 3.99. The van der Waals surface area contributed by atoms with Gasteiger partial charge < -0.3 is 14.8 Å². The van der Waals surface area contributed by atoms with E-state index in [9.17, 15) is 10.1 Å². The molecule has 0 unspecified atom stereocenters. The first-order chi connectivity index (χ1) is 16.5. The molecule has 3 aromatic carbocycles. The molecule has 0 saturated carbocycles. The number of nitrogens with one attached hydrogen (secondary N) is 1. The largest absolute Gasteiger partial charge is 0.497 e. The third kappa shape index (κ3) is 6.85. The highest BCUT2D eigenvalue weighted by molar-refractivity contribution is 6.01. The Balaban J connectivity index is 1.71. The van der Waals surface area contributed by atoms with Crippen LogP contribution in [0.1, 0.15) is 27.8 Å². The normalized spacial score (nSPS) is 10.8. The van der Waals surface area contributed by atoms with Crippen molar-refractivity contribution in [1.82, 2.24) is 5.32 Å². The summed E-state index contributed by atoms with van der Waals surface area (Å²) < 4.78 is 11.2. The maximum Gasteiger partial charge on any atom is 0.262 e. The van der Waals surface area contributed by atoms with Crippen LogP contribution in [-0.2, 0) is 24.4 Å². The van der Waals surface area contributed by atoms with Crippen LogP contribution in [0, 0.1) is 18.3 Å². The molecule has 0 aliphatic rings. The van der Waals surface area contributed by atoms with Crippen LogP contribution in [0.5, 0.6) is 11.5 Å². The zero-order valence-corrected chi connectivity index (χ0v) is 19.5. The lowest BCUT2D eigenvalue weighted by Crippen LogP contribution is -2.23. The number of aryl methyl sites for hydroxylation is 1. The van der Waals surface area contributed by atoms with Crippen molar-refractivity contribution < 1.29 is 14.3 Å². The van der Waals surface area contributed by atoms with E-state index in [0.717, 1.165) is 33.8 Å². The van der Waals surface area contributed by atoms with Gasteiger partial charge in [0, 0.05) is 6.54 Å². The highest BCUT2D eigenvalue weighted by Crippen LogP contribution is 2.24. The molecule has 0 aliphatic carbocycles. The first-order valence-electron chi connectivity index (χ1n) is 11.0. The number of carbonyl (C=O) groups is 1. The summed E-state index contributed by atoms with van der Waals surface area (Å²) in [6.45, 7) is 6.65. The van der Waals surface area contributed by atoms with Crippen LogP contribution < -0.4 is 14.8 Å². The van der Waals surface area contributed by atoms with Gasteiger partial charge in [0.15, 0.2) is 0 Å². The van der Waals surface area contributed by atoms with E-state index in [1.54, 1.807) is 19.3 Å². The summed E-state index contributed by atoms with van der Waals surface area (Å²) in [7, 11) is 1.60. The maximum absolute atomic E-state index is 12.6. The molecule has 0 aliphatic heterocycles. The predicted octanol–water partition coefficient (Wildman–Crippen LogP) is 5.53. The summed E-state index contributed by atoms with van der Waals surface area (Å²) in [5.74, 6) is 1.07. The molecule has 34 heavy (non-hydrogen) atoms. The van der Waals surface area contributed by atoms with Crippen LogP contribution in [0.4, 0.5) is 0 Å². The fraction of sp³-hybridized carbons (Fsp3) is 0.172. The fourth-order valence-electron chi connectivity index (χ4n) is 3.44. The number of methoxy groups -OCH3 is 1. The molecule has 0 spiro atoms. The molecule has 3 rings (SSSR count). The minimum Gasteiger partial charge on any atom is -0.497 e. The highest BCUT2D eigenvalue weighted by Gasteiger charge is 2.11. The van der Waals surface area contributed by atoms with Gasteiger partial charge in [0.25, 0.3) is 5.91 Å². The average molecular weight is 453 g/mol. The van der Waals surface area contributed by atoms with E-state index in [4.69, 9.17) is 9.47 Å². The molecule has 0 aromatic heterocycles. The van der Waals surface area contributed by atoms with Crippen molar-refractivity contribution in [1.29, 1.82) is 5.26 Å². The van der Waals surface area contributed by atoms with E-state index in [-0.39, 0.29) is 5.57 Å². The molecule has 1 amide bonds. The summed E-state index contributed by atoms with van der Waals surface area (Å²) in [5.41, 5.74) is 4.90. The lowest BCUT2D eigenvalue weighted by Gasteiger charge is -2.12. The Bertz CT molecular complexity index is 1220. The second-order valence-corrected chi connectivity index (χ2v) is 7.84. The second kappa shape index (κ2) is 12.1. The number of hydrogen-bond acceptors (Lipinski definition) is 4. The van der Waals surface area contributed by atoms with Crippen molar-refractivity contribution in [2.75, 3.05) is 7.11 Å². The van der Waals surface area contributed by atoms with Crippen molar-refractivity contribution in [2.45, 2.75) is 26.5 Å². The Morgan fingerprint density at radius 2 is 1.88 bits per heavy atom. The molecule has 0 bridgehead atoms. The molecule has 0 heterocycles. The molecule has 0 radical (unpaired) electrons. The van der Waals surface area contributed by atoms with Gasteiger partial charge in [-0.2, -0.15) is 5.26 Å². The molecule has 5 heteroatoms. The van der Waals surface area contributed by atoms with Gasteiger partial charge >= 0.3 is 0 Å².